The van der Waals surface area contributed by atoms with E-state index in [2.05, 4.69) is 15.9 Å². The van der Waals surface area contributed by atoms with Crippen LogP contribution in [0.1, 0.15) is 27.7 Å². The van der Waals surface area contributed by atoms with E-state index in [-0.39, 0.29) is 22.0 Å². The van der Waals surface area contributed by atoms with Gasteiger partial charge in [-0.1, -0.05) is 36.7 Å². The molecule has 0 saturated heterocycles. The van der Waals surface area contributed by atoms with Gasteiger partial charge < -0.3 is 5.73 Å². The van der Waals surface area contributed by atoms with Crippen LogP contribution >= 0.6 is 15.9 Å². The van der Waals surface area contributed by atoms with Crippen LogP contribution in [0.4, 0.5) is 5.69 Å². The van der Waals surface area contributed by atoms with Gasteiger partial charge >= 0.3 is 0 Å². The molecular weight excluding hydrogens is 328 g/mol. The molecule has 1 rings (SSSR count). The maximum absolute atomic E-state index is 12.6. The highest BCUT2D eigenvalue weighted by molar-refractivity contribution is 9.10. The van der Waals surface area contributed by atoms with Crippen molar-refractivity contribution in [2.45, 2.75) is 38.6 Å². The lowest BCUT2D eigenvalue weighted by Gasteiger charge is -2.34. The number of halogens is 1. The summed E-state index contributed by atoms with van der Waals surface area (Å²) < 4.78 is 27.3. The number of nitrogen functional groups attached to an aromatic ring is 1. The lowest BCUT2D eigenvalue weighted by molar-refractivity contribution is 0.216. The first kappa shape index (κ1) is 16.5. The van der Waals surface area contributed by atoms with E-state index in [1.165, 1.54) is 10.4 Å². The molecule has 0 aliphatic heterocycles. The van der Waals surface area contributed by atoms with Gasteiger partial charge in [-0.3, -0.25) is 0 Å². The zero-order valence-corrected chi connectivity index (χ0v) is 14.3. The molecule has 0 aromatic heterocycles. The van der Waals surface area contributed by atoms with Crippen LogP contribution in [0, 0.1) is 5.41 Å². The molecule has 1 atom stereocenters. The topological polar surface area (TPSA) is 63.4 Å². The SMILES string of the molecule is CC(N(C)S(=O)(=O)c1cc(Br)ccc1N)C(C)(C)C. The predicted octanol–water partition coefficient (Wildman–Crippen LogP) is 3.09. The van der Waals surface area contributed by atoms with Crippen LogP contribution in [0.2, 0.25) is 0 Å². The molecule has 0 amide bonds. The highest BCUT2D eigenvalue weighted by atomic mass is 79.9. The van der Waals surface area contributed by atoms with Crippen LogP contribution in [-0.4, -0.2) is 25.8 Å². The molecule has 1 aromatic rings. The molecule has 19 heavy (non-hydrogen) atoms. The Morgan fingerprint density at radius 2 is 1.84 bits per heavy atom. The van der Waals surface area contributed by atoms with Gasteiger partial charge in [0.15, 0.2) is 0 Å². The van der Waals surface area contributed by atoms with Crippen LogP contribution in [0.3, 0.4) is 0 Å². The fraction of sp³-hybridized carbons (Fsp3) is 0.538. The minimum atomic E-state index is -3.60. The average molecular weight is 349 g/mol. The Labute approximate surface area is 124 Å². The number of anilines is 1. The summed E-state index contributed by atoms with van der Waals surface area (Å²) in [5, 5.41) is 0. The zero-order valence-electron chi connectivity index (χ0n) is 11.9. The molecule has 1 aromatic carbocycles. The van der Waals surface area contributed by atoms with E-state index in [1.807, 2.05) is 27.7 Å². The number of rotatable bonds is 3. The molecule has 4 nitrogen and oxygen atoms in total. The van der Waals surface area contributed by atoms with E-state index >= 15 is 0 Å². The normalized spacial score (nSPS) is 14.7. The zero-order chi connectivity index (χ0) is 15.0. The minimum absolute atomic E-state index is 0.139. The van der Waals surface area contributed by atoms with Crippen LogP contribution in [0.25, 0.3) is 0 Å². The van der Waals surface area contributed by atoms with Gasteiger partial charge in [0.05, 0.1) is 5.69 Å². The van der Waals surface area contributed by atoms with Gasteiger partial charge in [-0.2, -0.15) is 4.31 Å². The molecule has 0 aliphatic carbocycles. The molecule has 0 fully saturated rings. The Morgan fingerprint density at radius 1 is 1.32 bits per heavy atom. The molecule has 0 saturated carbocycles. The molecule has 6 heteroatoms. The number of benzene rings is 1. The average Bonchev–Trinajstić information content (AvgIpc) is 2.28. The van der Waals surface area contributed by atoms with E-state index in [0.717, 1.165) is 0 Å². The summed E-state index contributed by atoms with van der Waals surface area (Å²) >= 11 is 3.28. The second-order valence-corrected chi connectivity index (χ2v) is 8.63. The Hall–Kier alpha value is -0.590. The second kappa shape index (κ2) is 5.42. The van der Waals surface area contributed by atoms with E-state index < -0.39 is 10.0 Å². The number of hydrogen-bond acceptors (Lipinski definition) is 3. The first-order valence-corrected chi connectivity index (χ1v) is 8.24. The summed E-state index contributed by atoms with van der Waals surface area (Å²) in [6.07, 6.45) is 0. The summed E-state index contributed by atoms with van der Waals surface area (Å²) in [4.78, 5) is 0.139. The van der Waals surface area contributed by atoms with Crippen molar-refractivity contribution in [3.05, 3.63) is 22.7 Å². The summed E-state index contributed by atoms with van der Waals surface area (Å²) in [6, 6.07) is 4.71. The van der Waals surface area contributed by atoms with Crippen molar-refractivity contribution in [2.24, 2.45) is 5.41 Å². The van der Waals surface area contributed by atoms with Crippen molar-refractivity contribution in [3.63, 3.8) is 0 Å². The molecule has 108 valence electrons. The van der Waals surface area contributed by atoms with Crippen molar-refractivity contribution in [1.29, 1.82) is 0 Å². The standard InChI is InChI=1S/C13H21BrN2O2S/c1-9(13(2,3)4)16(5)19(17,18)12-8-10(14)6-7-11(12)15/h6-9H,15H2,1-5H3. The molecule has 0 bridgehead atoms. The minimum Gasteiger partial charge on any atom is -0.398 e. The lowest BCUT2D eigenvalue weighted by atomic mass is 9.88. The smallest absolute Gasteiger partial charge is 0.245 e. The molecular formula is C13H21BrN2O2S. The Bertz CT molecular complexity index is 564. The van der Waals surface area contributed by atoms with Gasteiger partial charge in [0, 0.05) is 17.6 Å². The van der Waals surface area contributed by atoms with Gasteiger partial charge in [-0.15, -0.1) is 0 Å². The number of hydrogen-bond donors (Lipinski definition) is 1. The fourth-order valence-electron chi connectivity index (χ4n) is 1.64. The van der Waals surface area contributed by atoms with Crippen LogP contribution in [0.5, 0.6) is 0 Å². The number of nitrogens with zero attached hydrogens (tertiary/aromatic N) is 1. The van der Waals surface area contributed by atoms with Crippen molar-refractivity contribution in [3.8, 4) is 0 Å². The van der Waals surface area contributed by atoms with Crippen molar-refractivity contribution < 1.29 is 8.42 Å². The van der Waals surface area contributed by atoms with E-state index in [0.29, 0.717) is 4.47 Å². The Kier molecular flexibility index (Phi) is 4.70. The Morgan fingerprint density at radius 3 is 2.32 bits per heavy atom. The molecule has 0 radical (unpaired) electrons. The molecule has 1 unspecified atom stereocenters. The molecule has 0 heterocycles. The van der Waals surface area contributed by atoms with Crippen molar-refractivity contribution in [1.82, 2.24) is 4.31 Å². The fourth-order valence-corrected chi connectivity index (χ4v) is 3.84. The first-order chi connectivity index (χ1) is 8.48. The summed E-state index contributed by atoms with van der Waals surface area (Å²) in [5.74, 6) is 0. The molecule has 2 N–H and O–H groups in total. The first-order valence-electron chi connectivity index (χ1n) is 6.01. The maximum Gasteiger partial charge on any atom is 0.245 e. The summed E-state index contributed by atoms with van der Waals surface area (Å²) in [5.41, 5.74) is 5.91. The van der Waals surface area contributed by atoms with Crippen LogP contribution in [0.15, 0.2) is 27.6 Å². The summed E-state index contributed by atoms with van der Waals surface area (Å²) in [7, 11) is -2.01. The Balaban J connectivity index is 3.28. The second-order valence-electron chi connectivity index (χ2n) is 5.75. The third-order valence-corrected chi connectivity index (χ3v) is 5.91. The van der Waals surface area contributed by atoms with Gasteiger partial charge in [0.1, 0.15) is 4.90 Å². The van der Waals surface area contributed by atoms with Gasteiger partial charge in [0.25, 0.3) is 0 Å². The van der Waals surface area contributed by atoms with Crippen molar-refractivity contribution >= 4 is 31.6 Å². The highest BCUT2D eigenvalue weighted by Crippen LogP contribution is 2.30. The number of nitrogens with two attached hydrogens (primary N) is 1. The number of sulfonamides is 1. The van der Waals surface area contributed by atoms with E-state index in [9.17, 15) is 8.42 Å². The van der Waals surface area contributed by atoms with E-state index in [1.54, 1.807) is 19.2 Å². The van der Waals surface area contributed by atoms with Gasteiger partial charge in [-0.05, 0) is 30.5 Å². The predicted molar refractivity (Wildman–Crippen MR) is 82.4 cm³/mol. The monoisotopic (exact) mass is 348 g/mol. The van der Waals surface area contributed by atoms with Crippen LogP contribution < -0.4 is 5.73 Å². The largest absolute Gasteiger partial charge is 0.398 e. The molecule has 0 spiro atoms. The third-order valence-electron chi connectivity index (χ3n) is 3.43. The lowest BCUT2D eigenvalue weighted by Crippen LogP contribution is -2.43. The maximum atomic E-state index is 12.6. The molecule has 0 aliphatic rings. The van der Waals surface area contributed by atoms with E-state index in [4.69, 9.17) is 5.73 Å². The highest BCUT2D eigenvalue weighted by Gasteiger charge is 2.33. The van der Waals surface area contributed by atoms with Gasteiger partial charge in [0.2, 0.25) is 10.0 Å². The van der Waals surface area contributed by atoms with Crippen LogP contribution in [-0.2, 0) is 10.0 Å². The third kappa shape index (κ3) is 3.49. The van der Waals surface area contributed by atoms with Crippen molar-refractivity contribution in [2.75, 3.05) is 12.8 Å². The van der Waals surface area contributed by atoms with Gasteiger partial charge in [-0.25, -0.2) is 8.42 Å². The summed E-state index contributed by atoms with van der Waals surface area (Å²) in [6.45, 7) is 7.92. The quantitative estimate of drug-likeness (QED) is 0.853.